The summed E-state index contributed by atoms with van der Waals surface area (Å²) in [7, 11) is 0. The largest absolute Gasteiger partial charge is 0.294 e. The van der Waals surface area contributed by atoms with Crippen LogP contribution in [0.5, 0.6) is 0 Å². The first-order chi connectivity index (χ1) is 10.2. The summed E-state index contributed by atoms with van der Waals surface area (Å²) in [5, 5.41) is 7.38. The van der Waals surface area contributed by atoms with Gasteiger partial charge in [0.2, 0.25) is 0 Å². The van der Waals surface area contributed by atoms with Crippen molar-refractivity contribution in [2.75, 3.05) is 0 Å². The van der Waals surface area contributed by atoms with Gasteiger partial charge >= 0.3 is 0 Å². The molecule has 0 radical (unpaired) electrons. The second kappa shape index (κ2) is 5.37. The highest BCUT2D eigenvalue weighted by molar-refractivity contribution is 6.05. The average molecular weight is 276 g/mol. The fraction of sp³-hybridized carbons (Fsp3) is 0.111. The predicted molar refractivity (Wildman–Crippen MR) is 84.2 cm³/mol. The van der Waals surface area contributed by atoms with Crippen LogP contribution in [-0.4, -0.2) is 16.0 Å². The van der Waals surface area contributed by atoms with E-state index in [0.29, 0.717) is 11.3 Å². The second-order valence-electron chi connectivity index (χ2n) is 5.11. The maximum atomic E-state index is 12.1. The molecule has 1 aromatic heterocycles. The van der Waals surface area contributed by atoms with Gasteiger partial charge in [0.1, 0.15) is 5.69 Å². The van der Waals surface area contributed by atoms with Crippen molar-refractivity contribution >= 4 is 5.78 Å². The van der Waals surface area contributed by atoms with Gasteiger partial charge in [-0.15, -0.1) is 0 Å². The minimum atomic E-state index is 0.0122. The fourth-order valence-corrected chi connectivity index (χ4v) is 2.42. The summed E-state index contributed by atoms with van der Waals surface area (Å²) in [6, 6.07) is 17.8. The van der Waals surface area contributed by atoms with Crippen LogP contribution < -0.4 is 0 Å². The number of nitrogens with zero attached hydrogens (tertiary/aromatic N) is 1. The van der Waals surface area contributed by atoms with E-state index in [1.807, 2.05) is 61.5 Å². The first-order valence-corrected chi connectivity index (χ1v) is 6.88. The molecule has 1 heterocycles. The van der Waals surface area contributed by atoms with E-state index in [2.05, 4.69) is 10.2 Å². The van der Waals surface area contributed by atoms with E-state index < -0.39 is 0 Å². The monoisotopic (exact) mass is 276 g/mol. The molecular formula is C18H16N2O. The third-order valence-corrected chi connectivity index (χ3v) is 3.51. The Morgan fingerprint density at radius 3 is 2.24 bits per heavy atom. The Morgan fingerprint density at radius 1 is 0.952 bits per heavy atom. The quantitative estimate of drug-likeness (QED) is 0.727. The molecule has 3 nitrogen and oxygen atoms in total. The van der Waals surface area contributed by atoms with Gasteiger partial charge < -0.3 is 0 Å². The number of benzene rings is 2. The number of aromatic amines is 1. The summed E-state index contributed by atoms with van der Waals surface area (Å²) in [6.07, 6.45) is 0. The van der Waals surface area contributed by atoms with E-state index in [9.17, 15) is 4.79 Å². The molecule has 21 heavy (non-hydrogen) atoms. The number of Topliss-reactive ketones (excluding diaryl/α,β-unsaturated/α-hetero) is 1. The highest BCUT2D eigenvalue weighted by Gasteiger charge is 2.19. The van der Waals surface area contributed by atoms with Gasteiger partial charge in [-0.2, -0.15) is 5.10 Å². The molecule has 0 amide bonds. The minimum Gasteiger partial charge on any atom is -0.294 e. The van der Waals surface area contributed by atoms with Crippen molar-refractivity contribution in [3.05, 3.63) is 65.7 Å². The Labute approximate surface area is 123 Å². The van der Waals surface area contributed by atoms with Crippen LogP contribution in [0, 0.1) is 6.92 Å². The third-order valence-electron chi connectivity index (χ3n) is 3.51. The summed E-state index contributed by atoms with van der Waals surface area (Å²) in [4.78, 5) is 12.1. The van der Waals surface area contributed by atoms with E-state index in [4.69, 9.17) is 0 Å². The van der Waals surface area contributed by atoms with E-state index in [-0.39, 0.29) is 5.78 Å². The molecule has 1 N–H and O–H groups in total. The number of hydrogen-bond donors (Lipinski definition) is 1. The highest BCUT2D eigenvalue weighted by Crippen LogP contribution is 2.30. The number of H-pyrrole nitrogens is 1. The van der Waals surface area contributed by atoms with Crippen molar-refractivity contribution in [1.29, 1.82) is 0 Å². The van der Waals surface area contributed by atoms with Crippen molar-refractivity contribution in [3.8, 4) is 22.5 Å². The van der Waals surface area contributed by atoms with Gasteiger partial charge in [-0.25, -0.2) is 0 Å². The van der Waals surface area contributed by atoms with E-state index in [0.717, 1.165) is 16.8 Å². The zero-order valence-electron chi connectivity index (χ0n) is 12.1. The van der Waals surface area contributed by atoms with Crippen LogP contribution in [-0.2, 0) is 0 Å². The number of aryl methyl sites for hydroxylation is 1. The van der Waals surface area contributed by atoms with Crippen molar-refractivity contribution in [2.24, 2.45) is 0 Å². The van der Waals surface area contributed by atoms with E-state index in [1.165, 1.54) is 5.56 Å². The van der Waals surface area contributed by atoms with Crippen LogP contribution in [0.15, 0.2) is 54.6 Å². The Morgan fingerprint density at radius 2 is 1.62 bits per heavy atom. The van der Waals surface area contributed by atoms with Crippen LogP contribution >= 0.6 is 0 Å². The second-order valence-corrected chi connectivity index (χ2v) is 5.11. The van der Waals surface area contributed by atoms with Gasteiger partial charge in [0.15, 0.2) is 5.78 Å². The lowest BCUT2D eigenvalue weighted by Crippen LogP contribution is -1.96. The van der Waals surface area contributed by atoms with E-state index in [1.54, 1.807) is 6.92 Å². The SMILES string of the molecule is CC(=O)c1c(-c2ccc(C)cc2)n[nH]c1-c1ccccc1. The number of nitrogens with one attached hydrogen (secondary N) is 1. The zero-order chi connectivity index (χ0) is 14.8. The molecular weight excluding hydrogens is 260 g/mol. The summed E-state index contributed by atoms with van der Waals surface area (Å²) >= 11 is 0. The molecule has 0 bridgehead atoms. The van der Waals surface area contributed by atoms with Crippen LogP contribution in [0.3, 0.4) is 0 Å². The minimum absolute atomic E-state index is 0.0122. The standard InChI is InChI=1S/C18H16N2O/c1-12-8-10-15(11-9-12)18-16(13(2)21)17(19-20-18)14-6-4-3-5-7-14/h3-11H,1-2H3,(H,19,20). The molecule has 0 saturated heterocycles. The van der Waals surface area contributed by atoms with Crippen molar-refractivity contribution in [3.63, 3.8) is 0 Å². The van der Waals surface area contributed by atoms with Crippen molar-refractivity contribution < 1.29 is 4.79 Å². The summed E-state index contributed by atoms with van der Waals surface area (Å²) in [5.74, 6) is 0.0122. The Kier molecular flexibility index (Phi) is 3.40. The Bertz CT molecular complexity index is 771. The molecule has 0 unspecified atom stereocenters. The average Bonchev–Trinajstić information content (AvgIpc) is 2.94. The van der Waals surface area contributed by atoms with Gasteiger partial charge in [0.25, 0.3) is 0 Å². The maximum absolute atomic E-state index is 12.1. The Balaban J connectivity index is 2.17. The van der Waals surface area contributed by atoms with E-state index >= 15 is 0 Å². The highest BCUT2D eigenvalue weighted by atomic mass is 16.1. The first kappa shape index (κ1) is 13.3. The smallest absolute Gasteiger partial charge is 0.164 e. The van der Waals surface area contributed by atoms with Gasteiger partial charge in [-0.3, -0.25) is 9.89 Å². The lowest BCUT2D eigenvalue weighted by Gasteiger charge is -2.03. The van der Waals surface area contributed by atoms with Crippen LogP contribution in [0.25, 0.3) is 22.5 Å². The number of hydrogen-bond acceptors (Lipinski definition) is 2. The molecule has 0 aliphatic heterocycles. The molecule has 0 aliphatic rings. The maximum Gasteiger partial charge on any atom is 0.164 e. The van der Waals surface area contributed by atoms with Crippen molar-refractivity contribution in [2.45, 2.75) is 13.8 Å². The summed E-state index contributed by atoms with van der Waals surface area (Å²) in [5.41, 5.74) is 5.23. The molecule has 2 aromatic carbocycles. The zero-order valence-corrected chi connectivity index (χ0v) is 12.1. The van der Waals surface area contributed by atoms with Crippen LogP contribution in [0.4, 0.5) is 0 Å². The topological polar surface area (TPSA) is 45.8 Å². The van der Waals surface area contributed by atoms with Crippen molar-refractivity contribution in [1.82, 2.24) is 10.2 Å². The number of carbonyl (C=O) groups is 1. The Hall–Kier alpha value is -2.68. The van der Waals surface area contributed by atoms with Gasteiger partial charge in [-0.05, 0) is 13.8 Å². The first-order valence-electron chi connectivity index (χ1n) is 6.88. The summed E-state index contributed by atoms with van der Waals surface area (Å²) in [6.45, 7) is 3.62. The molecule has 3 heteroatoms. The molecule has 104 valence electrons. The van der Waals surface area contributed by atoms with Crippen LogP contribution in [0.1, 0.15) is 22.8 Å². The molecule has 3 rings (SSSR count). The molecule has 3 aromatic rings. The normalized spacial score (nSPS) is 10.6. The molecule has 0 spiro atoms. The molecule has 0 fully saturated rings. The van der Waals surface area contributed by atoms with Gasteiger partial charge in [0, 0.05) is 11.1 Å². The molecule has 0 aliphatic carbocycles. The number of rotatable bonds is 3. The third kappa shape index (κ3) is 2.50. The number of aromatic nitrogens is 2. The van der Waals surface area contributed by atoms with Crippen LogP contribution in [0.2, 0.25) is 0 Å². The molecule has 0 atom stereocenters. The number of ketones is 1. The lowest BCUT2D eigenvalue weighted by atomic mass is 9.99. The summed E-state index contributed by atoms with van der Waals surface area (Å²) < 4.78 is 0. The predicted octanol–water partition coefficient (Wildman–Crippen LogP) is 4.25. The van der Waals surface area contributed by atoms with Gasteiger partial charge in [-0.1, -0.05) is 60.2 Å². The lowest BCUT2D eigenvalue weighted by molar-refractivity contribution is 0.101. The molecule has 0 saturated carbocycles. The number of carbonyl (C=O) groups excluding carboxylic acids is 1. The van der Waals surface area contributed by atoms with Gasteiger partial charge in [0.05, 0.1) is 11.3 Å². The fourth-order valence-electron chi connectivity index (χ4n) is 2.42.